The second-order valence-corrected chi connectivity index (χ2v) is 5.95. The SMILES string of the molecule is Cc1onc(-c2cccc(Br)c2)c1C(=O)NCCN(C)C. The lowest BCUT2D eigenvalue weighted by Gasteiger charge is -2.10. The van der Waals surface area contributed by atoms with Crippen molar-refractivity contribution in [3.8, 4) is 11.3 Å². The summed E-state index contributed by atoms with van der Waals surface area (Å²) < 4.78 is 6.13. The van der Waals surface area contributed by atoms with Crippen molar-refractivity contribution in [2.75, 3.05) is 27.2 Å². The van der Waals surface area contributed by atoms with E-state index in [1.165, 1.54) is 0 Å². The third-order valence-corrected chi connectivity index (χ3v) is 3.53. The predicted molar refractivity (Wildman–Crippen MR) is 85.3 cm³/mol. The van der Waals surface area contributed by atoms with Crippen molar-refractivity contribution in [1.82, 2.24) is 15.4 Å². The van der Waals surface area contributed by atoms with Crippen LogP contribution in [0.3, 0.4) is 0 Å². The van der Waals surface area contributed by atoms with E-state index in [0.717, 1.165) is 16.6 Å². The lowest BCUT2D eigenvalue weighted by Crippen LogP contribution is -2.31. The summed E-state index contributed by atoms with van der Waals surface area (Å²) >= 11 is 3.42. The number of nitrogens with one attached hydrogen (secondary N) is 1. The Morgan fingerprint density at radius 3 is 2.86 bits per heavy atom. The topological polar surface area (TPSA) is 58.4 Å². The van der Waals surface area contributed by atoms with Gasteiger partial charge in [-0.05, 0) is 33.2 Å². The van der Waals surface area contributed by atoms with Crippen LogP contribution < -0.4 is 5.32 Å². The van der Waals surface area contributed by atoms with E-state index in [1.54, 1.807) is 6.92 Å². The normalized spacial score (nSPS) is 10.9. The molecule has 2 rings (SSSR count). The lowest BCUT2D eigenvalue weighted by atomic mass is 10.1. The molecular weight excluding hydrogens is 334 g/mol. The first-order valence-corrected chi connectivity index (χ1v) is 7.43. The second-order valence-electron chi connectivity index (χ2n) is 5.03. The Morgan fingerprint density at radius 1 is 1.43 bits per heavy atom. The van der Waals surface area contributed by atoms with Crippen LogP contribution in [0.5, 0.6) is 0 Å². The first-order valence-electron chi connectivity index (χ1n) is 6.64. The number of halogens is 1. The molecule has 0 fully saturated rings. The standard InChI is InChI=1S/C15H18BrN3O2/c1-10-13(15(20)17-7-8-19(2)3)14(18-21-10)11-5-4-6-12(16)9-11/h4-6,9H,7-8H2,1-3H3,(H,17,20). The van der Waals surface area contributed by atoms with Crippen LogP contribution in [-0.4, -0.2) is 43.1 Å². The molecule has 112 valence electrons. The summed E-state index contributed by atoms with van der Waals surface area (Å²) in [7, 11) is 3.92. The number of nitrogens with zero attached hydrogens (tertiary/aromatic N) is 2. The van der Waals surface area contributed by atoms with Gasteiger partial charge in [-0.2, -0.15) is 0 Å². The maximum absolute atomic E-state index is 12.3. The summed E-state index contributed by atoms with van der Waals surface area (Å²) in [6.45, 7) is 3.10. The zero-order valence-corrected chi connectivity index (χ0v) is 13.9. The Hall–Kier alpha value is -1.66. The molecular formula is C15H18BrN3O2. The monoisotopic (exact) mass is 351 g/mol. The Morgan fingerprint density at radius 2 is 2.19 bits per heavy atom. The van der Waals surface area contributed by atoms with Gasteiger partial charge in [0, 0.05) is 23.1 Å². The number of hydrogen-bond donors (Lipinski definition) is 1. The molecule has 2 aromatic rings. The molecule has 0 bridgehead atoms. The maximum Gasteiger partial charge on any atom is 0.257 e. The van der Waals surface area contributed by atoms with Crippen molar-refractivity contribution in [1.29, 1.82) is 0 Å². The molecule has 0 saturated heterocycles. The van der Waals surface area contributed by atoms with Crippen LogP contribution in [0, 0.1) is 6.92 Å². The molecule has 0 unspecified atom stereocenters. The van der Waals surface area contributed by atoms with Gasteiger partial charge < -0.3 is 14.7 Å². The Balaban J connectivity index is 2.24. The zero-order chi connectivity index (χ0) is 15.4. The van der Waals surface area contributed by atoms with E-state index in [0.29, 0.717) is 23.6 Å². The number of rotatable bonds is 5. The van der Waals surface area contributed by atoms with E-state index in [2.05, 4.69) is 26.4 Å². The Kier molecular flexibility index (Phi) is 5.14. The lowest BCUT2D eigenvalue weighted by molar-refractivity contribution is 0.0950. The van der Waals surface area contributed by atoms with Gasteiger partial charge in [0.2, 0.25) is 0 Å². The van der Waals surface area contributed by atoms with Crippen LogP contribution >= 0.6 is 15.9 Å². The molecule has 1 aromatic carbocycles. The van der Waals surface area contributed by atoms with Crippen LogP contribution in [0.2, 0.25) is 0 Å². The summed E-state index contributed by atoms with van der Waals surface area (Å²) in [6.07, 6.45) is 0. The number of carbonyl (C=O) groups is 1. The zero-order valence-electron chi connectivity index (χ0n) is 12.3. The smallest absolute Gasteiger partial charge is 0.257 e. The number of hydrogen-bond acceptors (Lipinski definition) is 4. The molecule has 0 aliphatic rings. The third-order valence-electron chi connectivity index (χ3n) is 3.03. The third kappa shape index (κ3) is 3.92. The average Bonchev–Trinajstić information content (AvgIpc) is 2.80. The second kappa shape index (κ2) is 6.87. The quantitative estimate of drug-likeness (QED) is 0.899. The highest BCUT2D eigenvalue weighted by Crippen LogP contribution is 2.27. The highest BCUT2D eigenvalue weighted by atomic mass is 79.9. The van der Waals surface area contributed by atoms with Gasteiger partial charge in [0.25, 0.3) is 5.91 Å². The fraction of sp³-hybridized carbons (Fsp3) is 0.333. The minimum Gasteiger partial charge on any atom is -0.360 e. The highest BCUT2D eigenvalue weighted by Gasteiger charge is 2.21. The van der Waals surface area contributed by atoms with Crippen LogP contribution in [-0.2, 0) is 0 Å². The summed E-state index contributed by atoms with van der Waals surface area (Å²) in [6, 6.07) is 7.64. The summed E-state index contributed by atoms with van der Waals surface area (Å²) in [5, 5.41) is 6.91. The minimum absolute atomic E-state index is 0.162. The molecule has 0 radical (unpaired) electrons. The van der Waals surface area contributed by atoms with Crippen LogP contribution in [0.25, 0.3) is 11.3 Å². The van der Waals surface area contributed by atoms with Gasteiger partial charge >= 0.3 is 0 Å². The molecule has 5 nitrogen and oxygen atoms in total. The Labute approximate surface area is 132 Å². The predicted octanol–water partition coefficient (Wildman–Crippen LogP) is 2.70. The van der Waals surface area contributed by atoms with Gasteiger partial charge in [-0.25, -0.2) is 0 Å². The van der Waals surface area contributed by atoms with Gasteiger partial charge in [0.15, 0.2) is 0 Å². The number of benzene rings is 1. The molecule has 1 heterocycles. The molecule has 1 amide bonds. The fourth-order valence-electron chi connectivity index (χ4n) is 1.95. The van der Waals surface area contributed by atoms with Gasteiger partial charge in [-0.3, -0.25) is 4.79 Å². The molecule has 6 heteroatoms. The van der Waals surface area contributed by atoms with Crippen molar-refractivity contribution in [3.63, 3.8) is 0 Å². The van der Waals surface area contributed by atoms with Crippen molar-refractivity contribution in [3.05, 3.63) is 40.1 Å². The molecule has 0 saturated carbocycles. The average molecular weight is 352 g/mol. The van der Waals surface area contributed by atoms with E-state index < -0.39 is 0 Å². The molecule has 1 N–H and O–H groups in total. The number of likely N-dealkylation sites (N-methyl/N-ethyl adjacent to an activating group) is 1. The number of carbonyl (C=O) groups excluding carboxylic acids is 1. The van der Waals surface area contributed by atoms with Gasteiger partial charge in [0.1, 0.15) is 17.0 Å². The van der Waals surface area contributed by atoms with Crippen molar-refractivity contribution >= 4 is 21.8 Å². The van der Waals surface area contributed by atoms with Gasteiger partial charge in [-0.15, -0.1) is 0 Å². The highest BCUT2D eigenvalue weighted by molar-refractivity contribution is 9.10. The van der Waals surface area contributed by atoms with Crippen molar-refractivity contribution in [2.24, 2.45) is 0 Å². The molecule has 0 aliphatic heterocycles. The van der Waals surface area contributed by atoms with Crippen LogP contribution in [0.1, 0.15) is 16.1 Å². The van der Waals surface area contributed by atoms with Crippen LogP contribution in [0.4, 0.5) is 0 Å². The van der Waals surface area contributed by atoms with E-state index in [1.807, 2.05) is 43.3 Å². The van der Waals surface area contributed by atoms with Crippen LogP contribution in [0.15, 0.2) is 33.3 Å². The van der Waals surface area contributed by atoms with Gasteiger partial charge in [-0.1, -0.05) is 33.2 Å². The largest absolute Gasteiger partial charge is 0.360 e. The van der Waals surface area contributed by atoms with E-state index in [9.17, 15) is 4.79 Å². The number of aryl methyl sites for hydroxylation is 1. The number of amides is 1. The molecule has 0 aliphatic carbocycles. The van der Waals surface area contributed by atoms with E-state index in [4.69, 9.17) is 4.52 Å². The molecule has 21 heavy (non-hydrogen) atoms. The molecule has 0 atom stereocenters. The van der Waals surface area contributed by atoms with E-state index >= 15 is 0 Å². The molecule has 0 spiro atoms. The summed E-state index contributed by atoms with van der Waals surface area (Å²) in [5.74, 6) is 0.359. The fourth-order valence-corrected chi connectivity index (χ4v) is 2.35. The van der Waals surface area contributed by atoms with E-state index in [-0.39, 0.29) is 5.91 Å². The summed E-state index contributed by atoms with van der Waals surface area (Å²) in [5.41, 5.74) is 1.90. The van der Waals surface area contributed by atoms with Crippen molar-refractivity contribution < 1.29 is 9.32 Å². The van der Waals surface area contributed by atoms with Crippen molar-refractivity contribution in [2.45, 2.75) is 6.92 Å². The maximum atomic E-state index is 12.3. The number of aromatic nitrogens is 1. The van der Waals surface area contributed by atoms with Gasteiger partial charge in [0.05, 0.1) is 0 Å². The minimum atomic E-state index is -0.162. The Bertz CT molecular complexity index is 638. The first kappa shape index (κ1) is 15.7. The molecule has 1 aromatic heterocycles. The summed E-state index contributed by atoms with van der Waals surface area (Å²) in [4.78, 5) is 14.4. The first-order chi connectivity index (χ1) is 9.99.